The van der Waals surface area contributed by atoms with Crippen molar-refractivity contribution in [3.05, 3.63) is 165 Å². The van der Waals surface area contributed by atoms with Crippen LogP contribution in [0.25, 0.3) is 48.5 Å². The van der Waals surface area contributed by atoms with E-state index in [0.29, 0.717) is 4.91 Å². The quantitative estimate of drug-likeness (QED) is 0.121. The summed E-state index contributed by atoms with van der Waals surface area (Å²) >= 11 is 9.74. The van der Waals surface area contributed by atoms with Crippen LogP contribution < -0.4 is 4.90 Å². The Morgan fingerprint density at radius 3 is 1.75 bits per heavy atom. The van der Waals surface area contributed by atoms with Gasteiger partial charge in [-0.15, -0.1) is 22.7 Å². The zero-order chi connectivity index (χ0) is 40.8. The Kier molecular flexibility index (Phi) is 8.95. The van der Waals surface area contributed by atoms with Crippen molar-refractivity contribution in [1.82, 2.24) is 4.90 Å². The van der Waals surface area contributed by atoms with Gasteiger partial charge in [0.25, 0.3) is 5.91 Å². The van der Waals surface area contributed by atoms with E-state index in [4.69, 9.17) is 12.2 Å². The highest BCUT2D eigenvalue weighted by Crippen LogP contribution is 2.53. The van der Waals surface area contributed by atoms with Crippen LogP contribution in [0.4, 0.5) is 17.1 Å². The summed E-state index contributed by atoms with van der Waals surface area (Å²) < 4.78 is 0.266. The maximum absolute atomic E-state index is 12.8. The second kappa shape index (κ2) is 14.0. The summed E-state index contributed by atoms with van der Waals surface area (Å²) in [6.45, 7) is 8.91. The monoisotopic (exact) mass is 842 g/mol. The zero-order valence-electron chi connectivity index (χ0n) is 32.8. The number of anilines is 3. The van der Waals surface area contributed by atoms with Crippen LogP contribution in [-0.4, -0.2) is 32.7 Å². The second-order valence-corrected chi connectivity index (χ2v) is 20.1. The Morgan fingerprint density at radius 1 is 0.644 bits per heavy atom. The number of nitrogens with zero attached hydrogens (tertiary/aromatic N) is 2. The van der Waals surface area contributed by atoms with Crippen molar-refractivity contribution in [2.24, 2.45) is 0 Å². The molecule has 1 aliphatic heterocycles. The van der Waals surface area contributed by atoms with Crippen molar-refractivity contribution < 1.29 is 14.7 Å². The molecule has 3 heterocycles. The summed E-state index contributed by atoms with van der Waals surface area (Å²) in [6, 6.07) is 48.8. The average Bonchev–Trinajstić information content (AvgIpc) is 4.05. The lowest BCUT2D eigenvalue weighted by Crippen LogP contribution is -2.33. The van der Waals surface area contributed by atoms with Crippen LogP contribution in [0, 0.1) is 0 Å². The SMILES string of the molecule is CC1(C)c2ccccc2-c2ccc(N(c3ccc(-c4ccc(-c5ccc(C=C6SC(=S)N(CC(=O)O)C6=O)s5)s4)cc3)c3ccc4c(c3)C(C)(C)c3ccccc3-4)cc21. The van der Waals surface area contributed by atoms with Gasteiger partial charge in [-0.05, 0) is 117 Å². The minimum absolute atomic E-state index is 0.125. The fourth-order valence-corrected chi connectivity index (χ4v) is 12.3. The summed E-state index contributed by atoms with van der Waals surface area (Å²) in [5.74, 6) is -1.46. The van der Waals surface area contributed by atoms with Gasteiger partial charge in [-0.2, -0.15) is 0 Å². The summed E-state index contributed by atoms with van der Waals surface area (Å²) in [5.41, 5.74) is 14.9. The maximum atomic E-state index is 12.8. The largest absolute Gasteiger partial charge is 0.480 e. The minimum Gasteiger partial charge on any atom is -0.480 e. The van der Waals surface area contributed by atoms with Gasteiger partial charge in [-0.1, -0.05) is 124 Å². The Morgan fingerprint density at radius 2 is 1.15 bits per heavy atom. The van der Waals surface area contributed by atoms with Gasteiger partial charge in [-0.25, -0.2) is 0 Å². The topological polar surface area (TPSA) is 60.9 Å². The molecule has 0 saturated carbocycles. The van der Waals surface area contributed by atoms with Crippen LogP contribution in [0.5, 0.6) is 0 Å². The van der Waals surface area contributed by atoms with E-state index in [1.165, 1.54) is 44.5 Å². The molecule has 3 aliphatic rings. The van der Waals surface area contributed by atoms with Crippen LogP contribution in [0.2, 0.25) is 0 Å². The molecule has 290 valence electrons. The number of thiocarbonyl (C=S) groups is 1. The smallest absolute Gasteiger partial charge is 0.323 e. The highest BCUT2D eigenvalue weighted by Gasteiger charge is 2.38. The van der Waals surface area contributed by atoms with Crippen LogP contribution in [0.3, 0.4) is 0 Å². The number of fused-ring (bicyclic) bond motifs is 6. The number of amides is 1. The van der Waals surface area contributed by atoms with Crippen molar-refractivity contribution in [1.29, 1.82) is 0 Å². The number of carbonyl (C=O) groups excluding carboxylic acids is 1. The molecule has 0 unspecified atom stereocenters. The lowest BCUT2D eigenvalue weighted by atomic mass is 9.82. The van der Waals surface area contributed by atoms with Gasteiger partial charge < -0.3 is 10.0 Å². The van der Waals surface area contributed by atoms with Gasteiger partial charge in [0.2, 0.25) is 0 Å². The summed E-state index contributed by atoms with van der Waals surface area (Å²) in [4.78, 5) is 32.4. The van der Waals surface area contributed by atoms with E-state index in [1.54, 1.807) is 28.7 Å². The average molecular weight is 843 g/mol. The molecule has 59 heavy (non-hydrogen) atoms. The molecule has 2 aromatic heterocycles. The van der Waals surface area contributed by atoms with Crippen molar-refractivity contribution >= 4 is 86.0 Å². The Balaban J connectivity index is 0.985. The first-order chi connectivity index (χ1) is 28.4. The number of thioether (sulfide) groups is 1. The van der Waals surface area contributed by atoms with Gasteiger partial charge in [0.05, 0.1) is 4.91 Å². The standard InChI is InChI=1S/C50H38N2O3S4/c1-49(2)38-11-7-5-9-34(38)36-20-17-31(25-40(36)49)52(32-18-21-37-35-10-6-8-12-39(35)50(3,4)41(37)26-32)30-15-13-29(14-16-30)42-23-24-44(58-42)43-22-19-33(57-43)27-45-47(55)51(28-46(53)54)48(56)59-45/h5-27H,28H2,1-4H3,(H,53,54). The zero-order valence-corrected chi connectivity index (χ0v) is 36.0. The predicted octanol–water partition coefficient (Wildman–Crippen LogP) is 13.5. The highest BCUT2D eigenvalue weighted by molar-refractivity contribution is 8.26. The molecular formula is C50H38N2O3S4. The third-order valence-electron chi connectivity index (χ3n) is 12.0. The van der Waals surface area contributed by atoms with E-state index in [-0.39, 0.29) is 21.1 Å². The number of rotatable bonds is 8. The predicted molar refractivity (Wildman–Crippen MR) is 250 cm³/mol. The number of hydrogen-bond acceptors (Lipinski definition) is 7. The highest BCUT2D eigenvalue weighted by atomic mass is 32.2. The summed E-state index contributed by atoms with van der Waals surface area (Å²) in [7, 11) is 0. The van der Waals surface area contributed by atoms with Crippen molar-refractivity contribution in [2.45, 2.75) is 38.5 Å². The van der Waals surface area contributed by atoms with Crippen molar-refractivity contribution in [3.63, 3.8) is 0 Å². The first kappa shape index (κ1) is 37.7. The summed E-state index contributed by atoms with van der Waals surface area (Å²) in [5, 5.41) is 9.19. The molecule has 1 fully saturated rings. The number of carboxylic acid groups (broad SMARTS) is 1. The molecule has 5 aromatic carbocycles. The number of aliphatic carboxylic acids is 1. The molecule has 1 saturated heterocycles. The molecule has 0 atom stereocenters. The molecule has 0 spiro atoms. The molecule has 1 amide bonds. The van der Waals surface area contributed by atoms with Crippen molar-refractivity contribution in [2.75, 3.05) is 11.4 Å². The first-order valence-electron chi connectivity index (χ1n) is 19.4. The number of thiophene rings is 2. The van der Waals surface area contributed by atoms with E-state index in [9.17, 15) is 14.7 Å². The Hall–Kier alpha value is -5.58. The van der Waals surface area contributed by atoms with E-state index >= 15 is 0 Å². The molecule has 2 aliphatic carbocycles. The fourth-order valence-electron chi connectivity index (χ4n) is 8.97. The van der Waals surface area contributed by atoms with Crippen LogP contribution in [0.15, 0.2) is 138 Å². The van der Waals surface area contributed by atoms with E-state index in [1.807, 2.05) is 6.07 Å². The second-order valence-electron chi connectivity index (χ2n) is 16.2. The normalized spacial score (nSPS) is 16.3. The third-order valence-corrected chi connectivity index (χ3v) is 15.7. The van der Waals surface area contributed by atoms with Gasteiger partial charge in [0.1, 0.15) is 10.9 Å². The van der Waals surface area contributed by atoms with E-state index in [2.05, 4.69) is 160 Å². The molecule has 9 heteroatoms. The van der Waals surface area contributed by atoms with Crippen LogP contribution >= 0.6 is 46.7 Å². The molecular weight excluding hydrogens is 805 g/mol. The summed E-state index contributed by atoms with van der Waals surface area (Å²) in [6.07, 6.45) is 1.80. The van der Waals surface area contributed by atoms with Crippen molar-refractivity contribution in [3.8, 4) is 42.4 Å². The lowest BCUT2D eigenvalue weighted by molar-refractivity contribution is -0.140. The molecule has 0 bridgehead atoms. The maximum Gasteiger partial charge on any atom is 0.323 e. The Labute approximate surface area is 361 Å². The fraction of sp³-hybridized carbons (Fsp3) is 0.140. The number of benzene rings is 5. The number of carbonyl (C=O) groups is 2. The van der Waals surface area contributed by atoms with Crippen LogP contribution in [-0.2, 0) is 20.4 Å². The van der Waals surface area contributed by atoms with Gasteiger partial charge >= 0.3 is 5.97 Å². The molecule has 1 N–H and O–H groups in total. The Bertz CT molecular complexity index is 2830. The van der Waals surface area contributed by atoms with Gasteiger partial charge in [0.15, 0.2) is 0 Å². The van der Waals surface area contributed by atoms with E-state index in [0.717, 1.165) is 58.8 Å². The molecule has 7 aromatic rings. The van der Waals surface area contributed by atoms with Gasteiger partial charge in [-0.3, -0.25) is 14.5 Å². The van der Waals surface area contributed by atoms with E-state index < -0.39 is 12.5 Å². The minimum atomic E-state index is -1.09. The molecule has 10 rings (SSSR count). The van der Waals surface area contributed by atoms with Crippen LogP contribution in [0.1, 0.15) is 54.8 Å². The number of carboxylic acids is 1. The third kappa shape index (κ3) is 6.22. The van der Waals surface area contributed by atoms with Gasteiger partial charge in [0, 0.05) is 47.4 Å². The number of hydrogen-bond donors (Lipinski definition) is 1. The first-order valence-corrected chi connectivity index (χ1v) is 22.3. The molecule has 0 radical (unpaired) electrons. The molecule has 5 nitrogen and oxygen atoms in total. The lowest BCUT2D eigenvalue weighted by Gasteiger charge is -2.30.